The molecular formula is C13H13ClN2O4S. The molecule has 8 heteroatoms. The number of hydrogen-bond acceptors (Lipinski definition) is 6. The van der Waals surface area contributed by atoms with Crippen LogP contribution in [0.1, 0.15) is 5.56 Å². The van der Waals surface area contributed by atoms with Gasteiger partial charge in [-0.25, -0.2) is 9.59 Å². The van der Waals surface area contributed by atoms with E-state index in [1.54, 1.807) is 12.1 Å². The maximum Gasteiger partial charge on any atom is 0.354 e. The summed E-state index contributed by atoms with van der Waals surface area (Å²) in [4.78, 5) is 23.1. The number of thiocarbonyl (C=S) groups is 1. The van der Waals surface area contributed by atoms with Crippen LogP contribution in [0.5, 0.6) is 0 Å². The molecule has 0 aliphatic rings. The zero-order chi connectivity index (χ0) is 16.0. The molecule has 1 aromatic carbocycles. The summed E-state index contributed by atoms with van der Waals surface area (Å²) in [7, 11) is 2.37. The average Bonchev–Trinajstić information content (AvgIpc) is 2.45. The monoisotopic (exact) mass is 328 g/mol. The van der Waals surface area contributed by atoms with E-state index in [1.165, 1.54) is 20.3 Å². The van der Waals surface area contributed by atoms with Gasteiger partial charge in [-0.2, -0.15) is 0 Å². The van der Waals surface area contributed by atoms with Crippen LogP contribution in [0.3, 0.4) is 0 Å². The van der Waals surface area contributed by atoms with Crippen molar-refractivity contribution in [2.45, 2.75) is 0 Å². The van der Waals surface area contributed by atoms with E-state index in [0.717, 1.165) is 6.08 Å². The lowest BCUT2D eigenvalue weighted by molar-refractivity contribution is -0.138. The lowest BCUT2D eigenvalue weighted by Gasteiger charge is -2.13. The van der Waals surface area contributed by atoms with Crippen LogP contribution in [0.15, 0.2) is 30.0 Å². The smallest absolute Gasteiger partial charge is 0.354 e. The van der Waals surface area contributed by atoms with Gasteiger partial charge in [-0.3, -0.25) is 0 Å². The highest BCUT2D eigenvalue weighted by Crippen LogP contribution is 2.23. The Kier molecular flexibility index (Phi) is 6.13. The van der Waals surface area contributed by atoms with Gasteiger partial charge in [-0.1, -0.05) is 23.8 Å². The molecule has 0 aromatic heterocycles. The minimum Gasteiger partial charge on any atom is -0.466 e. The molecule has 1 aromatic rings. The summed E-state index contributed by atoms with van der Waals surface area (Å²) in [5, 5.41) is 3.12. The van der Waals surface area contributed by atoms with Crippen molar-refractivity contribution in [3.05, 3.63) is 40.6 Å². The number of anilines is 1. The Morgan fingerprint density at radius 3 is 2.52 bits per heavy atom. The van der Waals surface area contributed by atoms with Crippen LogP contribution in [0, 0.1) is 0 Å². The molecule has 6 nitrogen and oxygen atoms in total. The van der Waals surface area contributed by atoms with Gasteiger partial charge in [0.1, 0.15) is 10.7 Å². The third kappa shape index (κ3) is 4.73. The third-order valence-corrected chi connectivity index (χ3v) is 2.84. The van der Waals surface area contributed by atoms with Crippen LogP contribution in [-0.2, 0) is 19.1 Å². The van der Waals surface area contributed by atoms with E-state index in [2.05, 4.69) is 14.8 Å². The summed E-state index contributed by atoms with van der Waals surface area (Å²) in [6.45, 7) is 0. The molecule has 0 bridgehead atoms. The van der Waals surface area contributed by atoms with Crippen molar-refractivity contribution in [2.24, 2.45) is 5.73 Å². The molecule has 0 fully saturated rings. The fourth-order valence-electron chi connectivity index (χ4n) is 1.41. The summed E-state index contributed by atoms with van der Waals surface area (Å²) in [6, 6.07) is 4.72. The first-order valence-corrected chi connectivity index (χ1v) is 6.42. The molecule has 0 saturated carbocycles. The molecule has 0 radical (unpaired) electrons. The molecule has 0 unspecified atom stereocenters. The number of hydrogen-bond donors (Lipinski definition) is 2. The zero-order valence-corrected chi connectivity index (χ0v) is 12.9. The lowest BCUT2D eigenvalue weighted by Crippen LogP contribution is -2.18. The summed E-state index contributed by atoms with van der Waals surface area (Å²) >= 11 is 10.8. The van der Waals surface area contributed by atoms with Crippen molar-refractivity contribution in [1.82, 2.24) is 0 Å². The quantitative estimate of drug-likeness (QED) is 0.482. The summed E-state index contributed by atoms with van der Waals surface area (Å²) in [5.74, 6) is -1.48. The van der Waals surface area contributed by atoms with E-state index >= 15 is 0 Å². The molecule has 0 spiro atoms. The van der Waals surface area contributed by atoms with Gasteiger partial charge in [-0.15, -0.1) is 0 Å². The number of methoxy groups -OCH3 is 2. The molecule has 0 aliphatic heterocycles. The van der Waals surface area contributed by atoms with E-state index in [9.17, 15) is 9.59 Å². The lowest BCUT2D eigenvalue weighted by atomic mass is 10.1. The number of nitrogens with one attached hydrogen (secondary N) is 1. The Hall–Kier alpha value is -2.12. The zero-order valence-electron chi connectivity index (χ0n) is 11.3. The second-order valence-electron chi connectivity index (χ2n) is 3.75. The Labute approximate surface area is 131 Å². The molecule has 0 atom stereocenters. The Bertz CT molecular complexity index is 616. The predicted octanol–water partition coefficient (Wildman–Crippen LogP) is 1.62. The van der Waals surface area contributed by atoms with Gasteiger partial charge in [0, 0.05) is 10.6 Å². The summed E-state index contributed by atoms with van der Waals surface area (Å²) in [5.41, 5.74) is 6.30. The topological polar surface area (TPSA) is 90.6 Å². The maximum absolute atomic E-state index is 11.7. The van der Waals surface area contributed by atoms with Gasteiger partial charge in [0.05, 0.1) is 26.0 Å². The highest BCUT2D eigenvalue weighted by Gasteiger charge is 2.15. The highest BCUT2D eigenvalue weighted by atomic mass is 35.5. The van der Waals surface area contributed by atoms with Crippen LogP contribution in [0.25, 0.3) is 0 Å². The first-order valence-electron chi connectivity index (χ1n) is 5.63. The summed E-state index contributed by atoms with van der Waals surface area (Å²) < 4.78 is 9.06. The van der Waals surface area contributed by atoms with E-state index in [-0.39, 0.29) is 10.7 Å². The van der Waals surface area contributed by atoms with Gasteiger partial charge >= 0.3 is 11.9 Å². The van der Waals surface area contributed by atoms with E-state index in [1.807, 2.05) is 0 Å². The van der Waals surface area contributed by atoms with Crippen LogP contribution in [0.4, 0.5) is 5.69 Å². The number of carbonyl (C=O) groups excluding carboxylic acids is 2. The fourth-order valence-corrected chi connectivity index (χ4v) is 1.76. The minimum atomic E-state index is -0.755. The largest absolute Gasteiger partial charge is 0.466 e. The highest BCUT2D eigenvalue weighted by molar-refractivity contribution is 7.80. The number of rotatable bonds is 5. The van der Waals surface area contributed by atoms with Crippen molar-refractivity contribution in [2.75, 3.05) is 19.5 Å². The molecule has 112 valence electrons. The Morgan fingerprint density at radius 2 is 2.00 bits per heavy atom. The first kappa shape index (κ1) is 16.9. The van der Waals surface area contributed by atoms with Gasteiger partial charge in [0.15, 0.2) is 0 Å². The number of ether oxygens (including phenoxy) is 2. The molecule has 21 heavy (non-hydrogen) atoms. The molecule has 0 amide bonds. The second kappa shape index (κ2) is 7.61. The van der Waals surface area contributed by atoms with Crippen molar-refractivity contribution in [1.29, 1.82) is 0 Å². The molecule has 0 saturated heterocycles. The average molecular weight is 329 g/mol. The van der Waals surface area contributed by atoms with Crippen molar-refractivity contribution < 1.29 is 19.1 Å². The Morgan fingerprint density at radius 1 is 1.33 bits per heavy atom. The fraction of sp³-hybridized carbons (Fsp3) is 0.154. The number of carbonyl (C=O) groups is 2. The van der Waals surface area contributed by atoms with E-state index in [4.69, 9.17) is 29.6 Å². The van der Waals surface area contributed by atoms with Crippen LogP contribution >= 0.6 is 23.8 Å². The Balaban J connectivity index is 3.23. The van der Waals surface area contributed by atoms with Crippen LogP contribution < -0.4 is 11.1 Å². The van der Waals surface area contributed by atoms with E-state index in [0.29, 0.717) is 16.3 Å². The van der Waals surface area contributed by atoms with Crippen LogP contribution in [0.2, 0.25) is 5.02 Å². The number of halogens is 1. The standard InChI is InChI=1S/C13H13ClN2O4S/c1-19-11(17)6-10(13(18)20-2)16-9-5-7(14)3-4-8(9)12(15)21/h3-6,16H,1-2H3,(H2,15,21)/b10-6+. The molecule has 0 heterocycles. The van der Waals surface area contributed by atoms with Crippen LogP contribution in [-0.4, -0.2) is 31.1 Å². The molecular weight excluding hydrogens is 316 g/mol. The van der Waals surface area contributed by atoms with Gasteiger partial charge in [0.25, 0.3) is 0 Å². The van der Waals surface area contributed by atoms with Crippen molar-refractivity contribution in [3.63, 3.8) is 0 Å². The molecule has 3 N–H and O–H groups in total. The number of nitrogens with two attached hydrogens (primary N) is 1. The first-order chi connectivity index (χ1) is 9.88. The SMILES string of the molecule is COC(=O)/C=C(/Nc1cc(Cl)ccc1C(N)=S)C(=O)OC. The second-order valence-corrected chi connectivity index (χ2v) is 4.63. The maximum atomic E-state index is 11.7. The third-order valence-electron chi connectivity index (χ3n) is 2.39. The number of benzene rings is 1. The molecule has 0 aliphatic carbocycles. The van der Waals surface area contributed by atoms with Gasteiger partial charge in [-0.05, 0) is 18.2 Å². The van der Waals surface area contributed by atoms with Crippen molar-refractivity contribution in [3.8, 4) is 0 Å². The predicted molar refractivity (Wildman–Crippen MR) is 83.1 cm³/mol. The van der Waals surface area contributed by atoms with Gasteiger partial charge < -0.3 is 20.5 Å². The van der Waals surface area contributed by atoms with Crippen molar-refractivity contribution >= 4 is 46.4 Å². The number of esters is 2. The minimum absolute atomic E-state index is 0.108. The van der Waals surface area contributed by atoms with E-state index < -0.39 is 11.9 Å². The normalized spacial score (nSPS) is 10.7. The summed E-state index contributed by atoms with van der Waals surface area (Å²) in [6.07, 6.45) is 0.954. The van der Waals surface area contributed by atoms with Gasteiger partial charge in [0.2, 0.25) is 0 Å². The molecule has 1 rings (SSSR count).